The number of rotatable bonds is 2. The fourth-order valence-electron chi connectivity index (χ4n) is 2.40. The van der Waals surface area contributed by atoms with Crippen molar-refractivity contribution in [3.05, 3.63) is 35.9 Å². The summed E-state index contributed by atoms with van der Waals surface area (Å²) in [6.07, 6.45) is 0.964. The number of nitrogens with one attached hydrogen (secondary N) is 2. The van der Waals surface area contributed by atoms with Crippen molar-refractivity contribution >= 4 is 11.8 Å². The fourth-order valence-corrected chi connectivity index (χ4v) is 2.40. The second kappa shape index (κ2) is 6.93. The second-order valence-electron chi connectivity index (χ2n) is 5.32. The Morgan fingerprint density at radius 1 is 1.20 bits per heavy atom. The predicted octanol–water partition coefficient (Wildman–Crippen LogP) is 1.70. The van der Waals surface area contributed by atoms with Gasteiger partial charge in [-0.1, -0.05) is 0 Å². The number of hydrogen-bond acceptors (Lipinski definition) is 5. The molecule has 0 spiro atoms. The minimum atomic E-state index is -1.57. The fraction of sp³-hybridized carbons (Fsp3) is 0.267. The number of anilines is 1. The summed E-state index contributed by atoms with van der Waals surface area (Å²) in [7, 11) is 0. The second-order valence-corrected chi connectivity index (χ2v) is 5.32. The average molecular weight is 353 g/mol. The first-order valence-electron chi connectivity index (χ1n) is 7.44. The van der Waals surface area contributed by atoms with E-state index in [-0.39, 0.29) is 11.4 Å². The Labute approximate surface area is 140 Å². The van der Waals surface area contributed by atoms with Gasteiger partial charge < -0.3 is 15.3 Å². The number of nitrogens with zero attached hydrogens (tertiary/aromatic N) is 3. The molecule has 0 bridgehead atoms. The van der Waals surface area contributed by atoms with E-state index in [0.717, 1.165) is 18.3 Å². The molecule has 0 atom stereocenters. The van der Waals surface area contributed by atoms with Crippen molar-refractivity contribution in [1.82, 2.24) is 20.2 Å². The molecule has 7 nitrogen and oxygen atoms in total. The number of pyridine rings is 2. The summed E-state index contributed by atoms with van der Waals surface area (Å²) in [6, 6.07) is 1.61. The summed E-state index contributed by atoms with van der Waals surface area (Å²) >= 11 is 0. The molecule has 1 fully saturated rings. The number of piperazine rings is 1. The maximum atomic E-state index is 14.6. The molecule has 25 heavy (non-hydrogen) atoms. The molecule has 3 rings (SSSR count). The number of carbonyl (C=O) groups is 1. The van der Waals surface area contributed by atoms with Gasteiger partial charge in [0.05, 0.1) is 17.5 Å². The van der Waals surface area contributed by atoms with Gasteiger partial charge in [-0.05, 0) is 12.1 Å². The molecule has 2 aromatic heterocycles. The largest absolute Gasteiger partial charge is 0.506 e. The number of aromatic nitrogens is 2. The van der Waals surface area contributed by atoms with Crippen LogP contribution in [0.15, 0.2) is 18.3 Å². The third-order valence-electron chi connectivity index (χ3n) is 3.67. The van der Waals surface area contributed by atoms with Crippen LogP contribution in [0.5, 0.6) is 5.75 Å². The van der Waals surface area contributed by atoms with E-state index < -0.39 is 35.0 Å². The van der Waals surface area contributed by atoms with Gasteiger partial charge in [-0.25, -0.2) is 13.6 Å². The molecule has 10 heteroatoms. The highest BCUT2D eigenvalue weighted by molar-refractivity contribution is 5.89. The van der Waals surface area contributed by atoms with Crippen LogP contribution < -0.4 is 10.6 Å². The molecule has 132 valence electrons. The highest BCUT2D eigenvalue weighted by atomic mass is 19.2. The molecule has 0 saturated carbocycles. The molecule has 0 aromatic carbocycles. The lowest BCUT2D eigenvalue weighted by atomic mass is 10.1. The van der Waals surface area contributed by atoms with Gasteiger partial charge in [-0.15, -0.1) is 0 Å². The van der Waals surface area contributed by atoms with Gasteiger partial charge in [0, 0.05) is 26.2 Å². The van der Waals surface area contributed by atoms with Crippen LogP contribution in [0.3, 0.4) is 0 Å². The monoisotopic (exact) mass is 353 g/mol. The Morgan fingerprint density at radius 2 is 1.92 bits per heavy atom. The quantitative estimate of drug-likeness (QED) is 0.715. The van der Waals surface area contributed by atoms with Crippen molar-refractivity contribution in [2.24, 2.45) is 0 Å². The molecule has 3 N–H and O–H groups in total. The first-order chi connectivity index (χ1) is 12.0. The van der Waals surface area contributed by atoms with E-state index in [9.17, 15) is 23.1 Å². The van der Waals surface area contributed by atoms with Crippen LogP contribution in [0.2, 0.25) is 0 Å². The molecule has 1 aliphatic heterocycles. The maximum absolute atomic E-state index is 14.6. The average Bonchev–Trinajstić information content (AvgIpc) is 2.62. The molecule has 2 amide bonds. The molecule has 1 saturated heterocycles. The topological polar surface area (TPSA) is 90.4 Å². The van der Waals surface area contributed by atoms with Crippen molar-refractivity contribution in [2.75, 3.05) is 31.5 Å². The zero-order chi connectivity index (χ0) is 18.0. The normalized spacial score (nSPS) is 14.4. The van der Waals surface area contributed by atoms with Gasteiger partial charge >= 0.3 is 6.03 Å². The van der Waals surface area contributed by atoms with E-state index >= 15 is 0 Å². The predicted molar refractivity (Wildman–Crippen MR) is 82.5 cm³/mol. The van der Waals surface area contributed by atoms with Crippen LogP contribution in [0.1, 0.15) is 0 Å². The number of halogens is 3. The Bertz CT molecular complexity index is 795. The first-order valence-corrected chi connectivity index (χ1v) is 7.44. The molecule has 2 aromatic rings. The van der Waals surface area contributed by atoms with E-state index in [1.807, 2.05) is 0 Å². The molecule has 0 aliphatic carbocycles. The highest BCUT2D eigenvalue weighted by Gasteiger charge is 2.25. The van der Waals surface area contributed by atoms with Gasteiger partial charge in [0.15, 0.2) is 17.5 Å². The summed E-state index contributed by atoms with van der Waals surface area (Å²) < 4.78 is 42.4. The molecule has 1 aliphatic rings. The van der Waals surface area contributed by atoms with Gasteiger partial charge in [0.2, 0.25) is 0 Å². The lowest BCUT2D eigenvalue weighted by Crippen LogP contribution is -2.48. The van der Waals surface area contributed by atoms with Crippen LogP contribution in [0.4, 0.5) is 23.8 Å². The Balaban J connectivity index is 1.95. The van der Waals surface area contributed by atoms with Crippen molar-refractivity contribution < 1.29 is 23.1 Å². The summed E-state index contributed by atoms with van der Waals surface area (Å²) in [5, 5.41) is 14.4. The van der Waals surface area contributed by atoms with Crippen LogP contribution in [0.25, 0.3) is 11.3 Å². The molecule has 0 radical (unpaired) electrons. The Morgan fingerprint density at radius 3 is 2.56 bits per heavy atom. The van der Waals surface area contributed by atoms with Crippen LogP contribution >= 0.6 is 0 Å². The third-order valence-corrected chi connectivity index (χ3v) is 3.67. The summed E-state index contributed by atoms with van der Waals surface area (Å²) in [6.45, 7) is 1.93. The van der Waals surface area contributed by atoms with Crippen molar-refractivity contribution in [2.45, 2.75) is 0 Å². The van der Waals surface area contributed by atoms with Gasteiger partial charge in [0.25, 0.3) is 5.95 Å². The van der Waals surface area contributed by atoms with Crippen molar-refractivity contribution in [3.63, 3.8) is 0 Å². The lowest BCUT2D eigenvalue weighted by molar-refractivity contribution is 0.203. The first kappa shape index (κ1) is 17.0. The third kappa shape index (κ3) is 3.48. The summed E-state index contributed by atoms with van der Waals surface area (Å²) in [5.41, 5.74) is -1.02. The summed E-state index contributed by atoms with van der Waals surface area (Å²) in [5.74, 6) is -5.29. The molecular weight excluding hydrogens is 339 g/mol. The zero-order valence-corrected chi connectivity index (χ0v) is 12.9. The maximum Gasteiger partial charge on any atom is 0.323 e. The van der Waals surface area contributed by atoms with Crippen molar-refractivity contribution in [1.29, 1.82) is 0 Å². The SMILES string of the molecule is O=C(Nc1nc(F)c(F)c(-c2ccc(O)cn2)c1F)N1CCNCC1. The number of urea groups is 1. The van der Waals surface area contributed by atoms with E-state index in [1.54, 1.807) is 0 Å². The van der Waals surface area contributed by atoms with Gasteiger partial charge in [-0.2, -0.15) is 9.37 Å². The highest BCUT2D eigenvalue weighted by Crippen LogP contribution is 2.30. The minimum Gasteiger partial charge on any atom is -0.506 e. The number of hydrogen-bond donors (Lipinski definition) is 3. The Kier molecular flexibility index (Phi) is 4.70. The number of carbonyl (C=O) groups excluding carboxylic acids is 1. The standard InChI is InChI=1S/C15H14F3N5O2/c16-11-10(9-2-1-8(24)7-20-9)12(17)14(21-13(11)18)22-15(25)23-5-3-19-4-6-23/h1-2,7,19,24H,3-6H2,(H,21,22,25). The molecule has 0 unspecified atom stereocenters. The lowest BCUT2D eigenvalue weighted by Gasteiger charge is -2.27. The summed E-state index contributed by atoms with van der Waals surface area (Å²) in [4.78, 5) is 20.3. The van der Waals surface area contributed by atoms with E-state index in [1.165, 1.54) is 4.90 Å². The van der Waals surface area contributed by atoms with Crippen LogP contribution in [0, 0.1) is 17.6 Å². The van der Waals surface area contributed by atoms with Crippen LogP contribution in [-0.4, -0.2) is 52.2 Å². The van der Waals surface area contributed by atoms with Crippen molar-refractivity contribution in [3.8, 4) is 17.0 Å². The Hall–Kier alpha value is -2.88. The van der Waals surface area contributed by atoms with Crippen LogP contribution in [-0.2, 0) is 0 Å². The van der Waals surface area contributed by atoms with E-state index in [0.29, 0.717) is 26.2 Å². The minimum absolute atomic E-state index is 0.216. The van der Waals surface area contributed by atoms with Gasteiger partial charge in [-0.3, -0.25) is 10.3 Å². The molecular formula is C15H14F3N5O2. The van der Waals surface area contributed by atoms with E-state index in [2.05, 4.69) is 20.6 Å². The zero-order valence-electron chi connectivity index (χ0n) is 12.9. The number of amides is 2. The smallest absolute Gasteiger partial charge is 0.323 e. The number of aromatic hydroxyl groups is 1. The van der Waals surface area contributed by atoms with E-state index in [4.69, 9.17) is 0 Å². The van der Waals surface area contributed by atoms with Gasteiger partial charge in [0.1, 0.15) is 5.75 Å². The molecule has 3 heterocycles.